The molecule has 0 saturated heterocycles. The Morgan fingerprint density at radius 3 is 2.58 bits per heavy atom. The van der Waals surface area contributed by atoms with E-state index in [0.717, 1.165) is 0 Å². The van der Waals surface area contributed by atoms with Crippen molar-refractivity contribution in [2.45, 2.75) is 6.04 Å². The lowest BCUT2D eigenvalue weighted by Gasteiger charge is -2.12. The lowest BCUT2D eigenvalue weighted by Crippen LogP contribution is -2.22. The molecule has 0 unspecified atom stereocenters. The molecule has 1 rings (SSSR count). The lowest BCUT2D eigenvalue weighted by atomic mass is 10.3. The lowest BCUT2D eigenvalue weighted by molar-refractivity contribution is -0.145. The summed E-state index contributed by atoms with van der Waals surface area (Å²) in [5, 5.41) is 8.88. The van der Waals surface area contributed by atoms with Gasteiger partial charge in [-0.3, -0.25) is 0 Å². The first-order valence-corrected chi connectivity index (χ1v) is 3.60. The van der Waals surface area contributed by atoms with Crippen LogP contribution in [0.2, 0.25) is 0 Å². The van der Waals surface area contributed by atoms with Gasteiger partial charge in [-0.15, -0.1) is 0 Å². The molecule has 1 aromatic rings. The van der Waals surface area contributed by atoms with E-state index in [1.807, 2.05) is 0 Å². The molecule has 1 heterocycles. The average molecular weight is 169 g/mol. The summed E-state index contributed by atoms with van der Waals surface area (Å²) < 4.78 is 6.11. The highest BCUT2D eigenvalue weighted by molar-refractivity contribution is 5.74. The molecule has 0 spiro atoms. The number of aliphatic hydroxyl groups excluding tert-OH is 1. The Bertz CT molecular complexity index is 243. The van der Waals surface area contributed by atoms with E-state index in [4.69, 9.17) is 5.11 Å². The van der Waals surface area contributed by atoms with Crippen molar-refractivity contribution in [1.82, 2.24) is 4.57 Å². The zero-order valence-electron chi connectivity index (χ0n) is 6.80. The summed E-state index contributed by atoms with van der Waals surface area (Å²) in [5.41, 5.74) is 0. The average Bonchev–Trinajstić information content (AvgIpc) is 2.58. The molecule has 0 aliphatic heterocycles. The van der Waals surface area contributed by atoms with Crippen molar-refractivity contribution in [3.05, 3.63) is 24.5 Å². The maximum absolute atomic E-state index is 11.0. The van der Waals surface area contributed by atoms with Crippen LogP contribution in [0.25, 0.3) is 0 Å². The molecule has 66 valence electrons. The van der Waals surface area contributed by atoms with Crippen LogP contribution in [-0.4, -0.2) is 29.4 Å². The summed E-state index contributed by atoms with van der Waals surface area (Å²) in [6, 6.07) is 2.95. The molecule has 0 saturated carbocycles. The van der Waals surface area contributed by atoms with Crippen LogP contribution in [0.3, 0.4) is 0 Å². The maximum atomic E-state index is 11.0. The van der Waals surface area contributed by atoms with Crippen LogP contribution >= 0.6 is 0 Å². The fourth-order valence-corrected chi connectivity index (χ4v) is 0.982. The van der Waals surface area contributed by atoms with Gasteiger partial charge < -0.3 is 14.4 Å². The summed E-state index contributed by atoms with van der Waals surface area (Å²) in [6.45, 7) is -0.249. The molecule has 0 fully saturated rings. The Kier molecular flexibility index (Phi) is 2.88. The van der Waals surface area contributed by atoms with E-state index in [2.05, 4.69) is 4.74 Å². The van der Waals surface area contributed by atoms with Crippen LogP contribution in [0.5, 0.6) is 0 Å². The Morgan fingerprint density at radius 2 is 2.17 bits per heavy atom. The summed E-state index contributed by atoms with van der Waals surface area (Å²) in [4.78, 5) is 11.0. The molecule has 0 bridgehead atoms. The second-order valence-corrected chi connectivity index (χ2v) is 2.35. The van der Waals surface area contributed by atoms with Crippen molar-refractivity contribution in [2.75, 3.05) is 13.7 Å². The standard InChI is InChI=1S/C8H11NO3/c1-12-8(11)7(6-10)9-4-2-3-5-9/h2-5,7,10H,6H2,1H3/t7-/m0/s1. The van der Waals surface area contributed by atoms with Crippen LogP contribution in [0.1, 0.15) is 6.04 Å². The molecule has 0 amide bonds. The summed E-state index contributed by atoms with van der Waals surface area (Å²) in [7, 11) is 1.30. The molecular weight excluding hydrogens is 158 g/mol. The molecule has 4 heteroatoms. The van der Waals surface area contributed by atoms with Crippen LogP contribution < -0.4 is 0 Å². The number of rotatable bonds is 3. The zero-order chi connectivity index (χ0) is 8.97. The Balaban J connectivity index is 2.76. The molecule has 1 aromatic heterocycles. The number of aliphatic hydroxyl groups is 1. The highest BCUT2D eigenvalue weighted by Crippen LogP contribution is 2.07. The second-order valence-electron chi connectivity index (χ2n) is 2.35. The van der Waals surface area contributed by atoms with Gasteiger partial charge in [-0.05, 0) is 12.1 Å². The Labute approximate surface area is 70.4 Å². The van der Waals surface area contributed by atoms with Gasteiger partial charge in [-0.25, -0.2) is 4.79 Å². The zero-order valence-corrected chi connectivity index (χ0v) is 6.80. The Morgan fingerprint density at radius 1 is 1.58 bits per heavy atom. The fraction of sp³-hybridized carbons (Fsp3) is 0.375. The SMILES string of the molecule is COC(=O)[C@H](CO)n1cccc1. The minimum atomic E-state index is -0.620. The van der Waals surface area contributed by atoms with E-state index in [1.54, 1.807) is 29.1 Å². The quantitative estimate of drug-likeness (QED) is 0.657. The van der Waals surface area contributed by atoms with Crippen LogP contribution in [-0.2, 0) is 9.53 Å². The fourth-order valence-electron chi connectivity index (χ4n) is 0.982. The Hall–Kier alpha value is -1.29. The van der Waals surface area contributed by atoms with Gasteiger partial charge >= 0.3 is 5.97 Å². The molecule has 1 N–H and O–H groups in total. The highest BCUT2D eigenvalue weighted by atomic mass is 16.5. The third-order valence-corrected chi connectivity index (χ3v) is 1.63. The van der Waals surface area contributed by atoms with Crippen molar-refractivity contribution in [3.8, 4) is 0 Å². The van der Waals surface area contributed by atoms with Crippen molar-refractivity contribution in [1.29, 1.82) is 0 Å². The summed E-state index contributed by atoms with van der Waals surface area (Å²) in [5.74, 6) is -0.436. The number of aromatic nitrogens is 1. The molecule has 0 aromatic carbocycles. The molecule has 0 aliphatic rings. The first-order chi connectivity index (χ1) is 5.79. The molecule has 12 heavy (non-hydrogen) atoms. The first-order valence-electron chi connectivity index (χ1n) is 3.60. The molecule has 0 radical (unpaired) electrons. The molecular formula is C8H11NO3. The first kappa shape index (κ1) is 8.80. The van der Waals surface area contributed by atoms with E-state index in [-0.39, 0.29) is 6.61 Å². The van der Waals surface area contributed by atoms with E-state index in [0.29, 0.717) is 0 Å². The van der Waals surface area contributed by atoms with Gasteiger partial charge in [-0.1, -0.05) is 0 Å². The highest BCUT2D eigenvalue weighted by Gasteiger charge is 2.18. The van der Waals surface area contributed by atoms with Gasteiger partial charge in [0.05, 0.1) is 13.7 Å². The van der Waals surface area contributed by atoms with Crippen LogP contribution in [0, 0.1) is 0 Å². The monoisotopic (exact) mass is 169 g/mol. The predicted molar refractivity (Wildman–Crippen MR) is 42.6 cm³/mol. The van der Waals surface area contributed by atoms with Gasteiger partial charge in [0, 0.05) is 12.4 Å². The van der Waals surface area contributed by atoms with Crippen molar-refractivity contribution < 1.29 is 14.6 Å². The number of carbonyl (C=O) groups is 1. The third-order valence-electron chi connectivity index (χ3n) is 1.63. The number of hydrogen-bond acceptors (Lipinski definition) is 3. The molecule has 1 atom stereocenters. The normalized spacial score (nSPS) is 12.5. The summed E-state index contributed by atoms with van der Waals surface area (Å²) in [6.07, 6.45) is 3.41. The van der Waals surface area contributed by atoms with Gasteiger partial charge in [-0.2, -0.15) is 0 Å². The van der Waals surface area contributed by atoms with E-state index >= 15 is 0 Å². The van der Waals surface area contributed by atoms with Gasteiger partial charge in [0.25, 0.3) is 0 Å². The number of ether oxygens (including phenoxy) is 1. The summed E-state index contributed by atoms with van der Waals surface area (Å²) >= 11 is 0. The van der Waals surface area contributed by atoms with Crippen molar-refractivity contribution >= 4 is 5.97 Å². The number of esters is 1. The van der Waals surface area contributed by atoms with Crippen molar-refractivity contribution in [2.24, 2.45) is 0 Å². The minimum Gasteiger partial charge on any atom is -0.467 e. The predicted octanol–water partition coefficient (Wildman–Crippen LogP) is 0.194. The van der Waals surface area contributed by atoms with Gasteiger partial charge in [0.15, 0.2) is 6.04 Å². The number of nitrogens with zero attached hydrogens (tertiary/aromatic N) is 1. The van der Waals surface area contributed by atoms with Crippen molar-refractivity contribution in [3.63, 3.8) is 0 Å². The molecule has 0 aliphatic carbocycles. The number of carbonyl (C=O) groups excluding carboxylic acids is 1. The third kappa shape index (κ3) is 1.65. The smallest absolute Gasteiger partial charge is 0.331 e. The van der Waals surface area contributed by atoms with E-state index in [9.17, 15) is 4.79 Å². The van der Waals surface area contributed by atoms with Crippen LogP contribution in [0.15, 0.2) is 24.5 Å². The largest absolute Gasteiger partial charge is 0.467 e. The maximum Gasteiger partial charge on any atom is 0.331 e. The second kappa shape index (κ2) is 3.92. The van der Waals surface area contributed by atoms with Gasteiger partial charge in [0.2, 0.25) is 0 Å². The minimum absolute atomic E-state index is 0.249. The van der Waals surface area contributed by atoms with E-state index < -0.39 is 12.0 Å². The van der Waals surface area contributed by atoms with E-state index in [1.165, 1.54) is 7.11 Å². The van der Waals surface area contributed by atoms with Gasteiger partial charge in [0.1, 0.15) is 0 Å². The number of methoxy groups -OCH3 is 1. The molecule has 4 nitrogen and oxygen atoms in total. The number of hydrogen-bond donors (Lipinski definition) is 1. The topological polar surface area (TPSA) is 51.5 Å². The van der Waals surface area contributed by atoms with Crippen LogP contribution in [0.4, 0.5) is 0 Å².